The Morgan fingerprint density at radius 1 is 1.04 bits per heavy atom. The molecule has 4 nitrogen and oxygen atoms in total. The van der Waals surface area contributed by atoms with E-state index >= 15 is 0 Å². The lowest BCUT2D eigenvalue weighted by atomic mass is 10.2. The van der Waals surface area contributed by atoms with Crippen molar-refractivity contribution in [2.24, 2.45) is 0 Å². The van der Waals surface area contributed by atoms with E-state index in [9.17, 15) is 18.4 Å². The Morgan fingerprint density at radius 3 is 2.35 bits per heavy atom. The van der Waals surface area contributed by atoms with E-state index in [1.54, 1.807) is 0 Å². The number of halogens is 2. The zero-order valence-electron chi connectivity index (χ0n) is 12.6. The molecule has 2 amide bonds. The predicted molar refractivity (Wildman–Crippen MR) is 83.2 cm³/mol. The second kappa shape index (κ2) is 7.49. The van der Waals surface area contributed by atoms with Crippen molar-refractivity contribution in [3.8, 4) is 0 Å². The molecule has 0 spiro atoms. The number of nitrogens with one attached hydrogen (secondary N) is 1. The van der Waals surface area contributed by atoms with Gasteiger partial charge in [-0.15, -0.1) is 0 Å². The maximum atomic E-state index is 13.1. The van der Waals surface area contributed by atoms with Gasteiger partial charge in [-0.1, -0.05) is 6.07 Å². The van der Waals surface area contributed by atoms with Crippen LogP contribution in [0, 0.1) is 11.6 Å². The van der Waals surface area contributed by atoms with E-state index in [1.165, 1.54) is 54.3 Å². The van der Waals surface area contributed by atoms with Gasteiger partial charge in [0, 0.05) is 31.3 Å². The topological polar surface area (TPSA) is 49.4 Å². The van der Waals surface area contributed by atoms with Gasteiger partial charge in [-0.2, -0.15) is 0 Å². The van der Waals surface area contributed by atoms with Crippen molar-refractivity contribution in [3.05, 3.63) is 65.7 Å². The third-order valence-corrected chi connectivity index (χ3v) is 3.23. The molecular formula is C17H16F2N2O2. The fourth-order valence-electron chi connectivity index (χ4n) is 2.10. The number of benzene rings is 2. The normalized spacial score (nSPS) is 10.2. The third kappa shape index (κ3) is 4.60. The summed E-state index contributed by atoms with van der Waals surface area (Å²) < 4.78 is 26.0. The molecule has 0 atom stereocenters. The maximum Gasteiger partial charge on any atom is 0.251 e. The molecule has 2 aromatic carbocycles. The third-order valence-electron chi connectivity index (χ3n) is 3.23. The van der Waals surface area contributed by atoms with E-state index < -0.39 is 17.5 Å². The molecular weight excluding hydrogens is 302 g/mol. The molecule has 120 valence electrons. The first-order valence-electron chi connectivity index (χ1n) is 7.05. The first-order chi connectivity index (χ1) is 11.0. The van der Waals surface area contributed by atoms with Crippen LogP contribution in [0.5, 0.6) is 0 Å². The van der Waals surface area contributed by atoms with E-state index in [-0.39, 0.29) is 24.6 Å². The van der Waals surface area contributed by atoms with Gasteiger partial charge in [-0.25, -0.2) is 8.78 Å². The Kier molecular flexibility index (Phi) is 5.41. The zero-order valence-corrected chi connectivity index (χ0v) is 12.6. The Bertz CT molecular complexity index is 702. The molecule has 0 fully saturated rings. The SMILES string of the molecule is CC(=O)N(CCNC(=O)c1cccc(F)c1)c1ccc(F)cc1. The molecule has 0 bridgehead atoms. The summed E-state index contributed by atoms with van der Waals surface area (Å²) in [6.45, 7) is 1.80. The highest BCUT2D eigenvalue weighted by atomic mass is 19.1. The number of carbonyl (C=O) groups is 2. The van der Waals surface area contributed by atoms with E-state index in [4.69, 9.17) is 0 Å². The minimum absolute atomic E-state index is 0.187. The minimum Gasteiger partial charge on any atom is -0.350 e. The lowest BCUT2D eigenvalue weighted by Crippen LogP contribution is -2.37. The maximum absolute atomic E-state index is 13.1. The van der Waals surface area contributed by atoms with Crippen molar-refractivity contribution in [2.45, 2.75) is 6.92 Å². The van der Waals surface area contributed by atoms with Crippen molar-refractivity contribution >= 4 is 17.5 Å². The smallest absolute Gasteiger partial charge is 0.251 e. The molecule has 0 saturated heterocycles. The average Bonchev–Trinajstić information content (AvgIpc) is 2.52. The van der Waals surface area contributed by atoms with Crippen LogP contribution in [0.3, 0.4) is 0 Å². The summed E-state index contributed by atoms with van der Waals surface area (Å²) in [4.78, 5) is 25.0. The highest BCUT2D eigenvalue weighted by Crippen LogP contribution is 2.14. The highest BCUT2D eigenvalue weighted by molar-refractivity contribution is 5.94. The number of carbonyl (C=O) groups excluding carboxylic acids is 2. The molecule has 2 rings (SSSR count). The van der Waals surface area contributed by atoms with Crippen LogP contribution >= 0.6 is 0 Å². The standard InChI is InChI=1S/C17H16F2N2O2/c1-12(22)21(16-7-5-14(18)6-8-16)10-9-20-17(23)13-3-2-4-15(19)11-13/h2-8,11H,9-10H2,1H3,(H,20,23). The van der Waals surface area contributed by atoms with Crippen LogP contribution in [0.15, 0.2) is 48.5 Å². The number of anilines is 1. The Balaban J connectivity index is 1.96. The van der Waals surface area contributed by atoms with E-state index in [1.807, 2.05) is 0 Å². The van der Waals surface area contributed by atoms with Gasteiger partial charge < -0.3 is 10.2 Å². The number of hydrogen-bond donors (Lipinski definition) is 1. The first-order valence-corrected chi connectivity index (χ1v) is 7.05. The number of rotatable bonds is 5. The lowest BCUT2D eigenvalue weighted by molar-refractivity contribution is -0.116. The van der Waals surface area contributed by atoms with Crippen molar-refractivity contribution in [1.82, 2.24) is 5.32 Å². The summed E-state index contributed by atoms with van der Waals surface area (Å²) in [6, 6.07) is 10.8. The quantitative estimate of drug-likeness (QED) is 0.921. The van der Waals surface area contributed by atoms with Crippen molar-refractivity contribution in [1.29, 1.82) is 0 Å². The minimum atomic E-state index is -0.491. The Labute approximate surface area is 132 Å². The number of nitrogens with zero attached hydrogens (tertiary/aromatic N) is 1. The summed E-state index contributed by atoms with van der Waals surface area (Å²) in [5.41, 5.74) is 0.750. The van der Waals surface area contributed by atoms with E-state index in [2.05, 4.69) is 5.32 Å². The monoisotopic (exact) mass is 318 g/mol. The molecule has 0 saturated carbocycles. The van der Waals surface area contributed by atoms with Crippen LogP contribution in [-0.4, -0.2) is 24.9 Å². The molecule has 0 heterocycles. The summed E-state index contributed by atoms with van der Waals surface area (Å²) in [5, 5.41) is 2.62. The van der Waals surface area contributed by atoms with Crippen molar-refractivity contribution < 1.29 is 18.4 Å². The lowest BCUT2D eigenvalue weighted by Gasteiger charge is -2.21. The van der Waals surface area contributed by atoms with Crippen LogP contribution < -0.4 is 10.2 Å². The number of hydrogen-bond acceptors (Lipinski definition) is 2. The fourth-order valence-corrected chi connectivity index (χ4v) is 2.10. The van der Waals surface area contributed by atoms with E-state index in [0.717, 1.165) is 6.07 Å². The van der Waals surface area contributed by atoms with Gasteiger partial charge >= 0.3 is 0 Å². The Morgan fingerprint density at radius 2 is 1.74 bits per heavy atom. The highest BCUT2D eigenvalue weighted by Gasteiger charge is 2.12. The summed E-state index contributed by atoms with van der Waals surface area (Å²) in [6.07, 6.45) is 0. The van der Waals surface area contributed by atoms with Crippen molar-refractivity contribution in [3.63, 3.8) is 0 Å². The number of amides is 2. The molecule has 0 aliphatic rings. The molecule has 0 aliphatic carbocycles. The average molecular weight is 318 g/mol. The first kappa shape index (κ1) is 16.6. The molecule has 0 unspecified atom stereocenters. The molecule has 0 aliphatic heterocycles. The van der Waals surface area contributed by atoms with Crippen molar-refractivity contribution in [2.75, 3.05) is 18.0 Å². The second-order valence-electron chi connectivity index (χ2n) is 4.91. The summed E-state index contributed by atoms with van der Waals surface area (Å²) >= 11 is 0. The van der Waals surface area contributed by atoms with Gasteiger partial charge in [0.25, 0.3) is 5.91 Å². The van der Waals surface area contributed by atoms with Gasteiger partial charge in [-0.05, 0) is 42.5 Å². The molecule has 23 heavy (non-hydrogen) atoms. The molecule has 0 aromatic heterocycles. The van der Waals surface area contributed by atoms with Crippen LogP contribution in [0.4, 0.5) is 14.5 Å². The van der Waals surface area contributed by atoms with Gasteiger partial charge in [0.1, 0.15) is 11.6 Å². The predicted octanol–water partition coefficient (Wildman–Crippen LogP) is 2.75. The second-order valence-corrected chi connectivity index (χ2v) is 4.91. The fraction of sp³-hybridized carbons (Fsp3) is 0.176. The van der Waals surface area contributed by atoms with Gasteiger partial charge in [-0.3, -0.25) is 9.59 Å². The van der Waals surface area contributed by atoms with Gasteiger partial charge in [0.2, 0.25) is 5.91 Å². The largest absolute Gasteiger partial charge is 0.350 e. The summed E-state index contributed by atoms with van der Waals surface area (Å²) in [7, 11) is 0. The molecule has 1 N–H and O–H groups in total. The summed E-state index contributed by atoms with van der Waals surface area (Å²) in [5.74, 6) is -1.53. The molecule has 6 heteroatoms. The van der Waals surface area contributed by atoms with Crippen LogP contribution in [-0.2, 0) is 4.79 Å². The molecule has 0 radical (unpaired) electrons. The van der Waals surface area contributed by atoms with Crippen LogP contribution in [0.2, 0.25) is 0 Å². The zero-order chi connectivity index (χ0) is 16.8. The molecule has 2 aromatic rings. The Hall–Kier alpha value is -2.76. The van der Waals surface area contributed by atoms with Crippen LogP contribution in [0.25, 0.3) is 0 Å². The van der Waals surface area contributed by atoms with Gasteiger partial charge in [0.15, 0.2) is 0 Å². The van der Waals surface area contributed by atoms with E-state index in [0.29, 0.717) is 5.69 Å². The van der Waals surface area contributed by atoms with Crippen LogP contribution in [0.1, 0.15) is 17.3 Å². The van der Waals surface area contributed by atoms with Gasteiger partial charge in [0.05, 0.1) is 0 Å².